The average molecular weight is 477 g/mol. The number of carboxylic acids is 1. The van der Waals surface area contributed by atoms with E-state index in [1.54, 1.807) is 18.2 Å². The number of carbonyl (C=O) groups is 1. The Labute approximate surface area is 186 Å². The van der Waals surface area contributed by atoms with Crippen molar-refractivity contribution in [2.75, 3.05) is 5.75 Å². The molecule has 1 fully saturated rings. The monoisotopic (exact) mass is 475 g/mol. The molecule has 0 unspecified atom stereocenters. The Bertz CT molecular complexity index is 904. The number of halogens is 3. The van der Waals surface area contributed by atoms with Gasteiger partial charge in [0.1, 0.15) is 0 Å². The van der Waals surface area contributed by atoms with Gasteiger partial charge in [-0.25, -0.2) is 9.78 Å². The van der Waals surface area contributed by atoms with Crippen LogP contribution in [0.5, 0.6) is 0 Å². The van der Waals surface area contributed by atoms with Gasteiger partial charge < -0.3 is 10.2 Å². The minimum atomic E-state index is -1.03. The van der Waals surface area contributed by atoms with Crippen LogP contribution in [0.2, 0.25) is 10.0 Å². The summed E-state index contributed by atoms with van der Waals surface area (Å²) < 4.78 is 0.707. The van der Waals surface area contributed by atoms with Crippen LogP contribution >= 0.6 is 57.9 Å². The SMILES string of the molecule is O=C(O)c1csc(SCC[C@@H]2[C@@H](C#Cc3cc(Cl)cc(Cl)c3)[C@H](O)C[C@@H]2Cl)n1. The van der Waals surface area contributed by atoms with E-state index >= 15 is 0 Å². The fraction of sp³-hybridized carbons (Fsp3) is 0.368. The highest BCUT2D eigenvalue weighted by molar-refractivity contribution is 8.01. The van der Waals surface area contributed by atoms with Crippen LogP contribution in [-0.2, 0) is 0 Å². The van der Waals surface area contributed by atoms with Gasteiger partial charge in [-0.05, 0) is 37.0 Å². The minimum absolute atomic E-state index is 0.0326. The van der Waals surface area contributed by atoms with Gasteiger partial charge in [0.2, 0.25) is 0 Å². The van der Waals surface area contributed by atoms with Gasteiger partial charge in [0, 0.05) is 32.1 Å². The van der Waals surface area contributed by atoms with Crippen LogP contribution in [0.4, 0.5) is 0 Å². The third kappa shape index (κ3) is 5.56. The Balaban J connectivity index is 1.65. The molecule has 0 saturated heterocycles. The molecule has 4 nitrogen and oxygen atoms in total. The molecule has 3 rings (SSSR count). The number of benzene rings is 1. The number of nitrogens with zero attached hydrogens (tertiary/aromatic N) is 1. The number of hydrogen-bond acceptors (Lipinski definition) is 5. The van der Waals surface area contributed by atoms with Crippen molar-refractivity contribution in [2.24, 2.45) is 11.8 Å². The van der Waals surface area contributed by atoms with E-state index in [4.69, 9.17) is 39.9 Å². The second-order valence-electron chi connectivity index (χ2n) is 6.38. The van der Waals surface area contributed by atoms with Crippen LogP contribution in [0.3, 0.4) is 0 Å². The number of hydrogen-bond donors (Lipinski definition) is 2. The molecule has 2 N–H and O–H groups in total. The van der Waals surface area contributed by atoms with E-state index in [-0.39, 0.29) is 22.9 Å². The first-order valence-corrected chi connectivity index (χ1v) is 11.5. The molecule has 1 aromatic heterocycles. The fourth-order valence-electron chi connectivity index (χ4n) is 3.12. The van der Waals surface area contributed by atoms with Crippen LogP contribution in [0.25, 0.3) is 0 Å². The Kier molecular flexibility index (Phi) is 7.54. The highest BCUT2D eigenvalue weighted by Crippen LogP contribution is 2.39. The van der Waals surface area contributed by atoms with Crippen LogP contribution in [0, 0.1) is 23.7 Å². The maximum absolute atomic E-state index is 10.9. The Morgan fingerprint density at radius 3 is 2.68 bits per heavy atom. The second-order valence-corrected chi connectivity index (χ2v) is 10.0. The molecule has 0 radical (unpaired) electrons. The molecule has 28 heavy (non-hydrogen) atoms. The van der Waals surface area contributed by atoms with E-state index in [0.29, 0.717) is 32.1 Å². The van der Waals surface area contributed by atoms with Gasteiger partial charge >= 0.3 is 5.97 Å². The average Bonchev–Trinajstić information content (AvgIpc) is 3.18. The Morgan fingerprint density at radius 1 is 1.32 bits per heavy atom. The highest BCUT2D eigenvalue weighted by atomic mass is 35.5. The van der Waals surface area contributed by atoms with Crippen molar-refractivity contribution >= 4 is 63.9 Å². The van der Waals surface area contributed by atoms with E-state index < -0.39 is 12.1 Å². The van der Waals surface area contributed by atoms with E-state index in [9.17, 15) is 9.90 Å². The molecular formula is C19H16Cl3NO3S2. The molecule has 2 aromatic rings. The zero-order valence-electron chi connectivity index (χ0n) is 14.4. The number of carboxylic acid groups (broad SMARTS) is 1. The van der Waals surface area contributed by atoms with Crippen LogP contribution in [0.1, 0.15) is 28.9 Å². The molecular weight excluding hydrogens is 461 g/mol. The minimum Gasteiger partial charge on any atom is -0.476 e. The van der Waals surface area contributed by atoms with Gasteiger partial charge in [-0.2, -0.15) is 0 Å². The highest BCUT2D eigenvalue weighted by Gasteiger charge is 2.40. The lowest BCUT2D eigenvalue weighted by molar-refractivity contribution is 0.0691. The summed E-state index contributed by atoms with van der Waals surface area (Å²) in [6.45, 7) is 0. The van der Waals surface area contributed by atoms with Crippen molar-refractivity contribution in [3.05, 3.63) is 44.9 Å². The lowest BCUT2D eigenvalue weighted by Gasteiger charge is -2.18. The summed E-state index contributed by atoms with van der Waals surface area (Å²) in [5.74, 6) is 5.68. The molecule has 0 spiro atoms. The number of thiazole rings is 1. The molecule has 9 heteroatoms. The maximum atomic E-state index is 10.9. The summed E-state index contributed by atoms with van der Waals surface area (Å²) in [6.07, 6.45) is 0.652. The summed E-state index contributed by atoms with van der Waals surface area (Å²) >= 11 is 21.3. The molecule has 4 atom stereocenters. The summed E-state index contributed by atoms with van der Waals surface area (Å²) in [6, 6.07) is 5.10. The maximum Gasteiger partial charge on any atom is 0.355 e. The molecule has 1 heterocycles. The van der Waals surface area contributed by atoms with Crippen molar-refractivity contribution in [2.45, 2.75) is 28.7 Å². The normalized spacial score (nSPS) is 24.0. The molecule has 0 aliphatic heterocycles. The number of aliphatic hydroxyl groups excluding tert-OH is 1. The van der Waals surface area contributed by atoms with Crippen molar-refractivity contribution < 1.29 is 15.0 Å². The van der Waals surface area contributed by atoms with Gasteiger partial charge in [0.25, 0.3) is 0 Å². The predicted molar refractivity (Wildman–Crippen MR) is 115 cm³/mol. The molecule has 1 aromatic carbocycles. The van der Waals surface area contributed by atoms with Crippen LogP contribution in [0.15, 0.2) is 27.9 Å². The van der Waals surface area contributed by atoms with E-state index in [1.807, 2.05) is 0 Å². The zero-order chi connectivity index (χ0) is 20.3. The lowest BCUT2D eigenvalue weighted by Crippen LogP contribution is -2.19. The van der Waals surface area contributed by atoms with Gasteiger partial charge in [-0.3, -0.25) is 0 Å². The third-order valence-electron chi connectivity index (χ3n) is 4.43. The number of rotatable bonds is 5. The molecule has 0 bridgehead atoms. The first-order chi connectivity index (χ1) is 13.3. The smallest absolute Gasteiger partial charge is 0.355 e. The van der Waals surface area contributed by atoms with Gasteiger partial charge in [0.05, 0.1) is 12.0 Å². The van der Waals surface area contributed by atoms with E-state index in [2.05, 4.69) is 16.8 Å². The summed E-state index contributed by atoms with van der Waals surface area (Å²) in [4.78, 5) is 15.0. The summed E-state index contributed by atoms with van der Waals surface area (Å²) in [7, 11) is 0. The van der Waals surface area contributed by atoms with Crippen molar-refractivity contribution in [3.8, 4) is 11.8 Å². The number of thioether (sulfide) groups is 1. The zero-order valence-corrected chi connectivity index (χ0v) is 18.3. The molecule has 148 valence electrons. The quantitative estimate of drug-likeness (QED) is 0.349. The van der Waals surface area contributed by atoms with Crippen LogP contribution < -0.4 is 0 Å². The number of alkyl halides is 1. The van der Waals surface area contributed by atoms with Crippen LogP contribution in [-0.4, -0.2) is 38.4 Å². The number of aromatic carboxylic acids is 1. The Hall–Kier alpha value is -0.940. The van der Waals surface area contributed by atoms with Gasteiger partial charge in [-0.15, -0.1) is 22.9 Å². The molecule has 1 saturated carbocycles. The van der Waals surface area contributed by atoms with Crippen molar-refractivity contribution in [1.82, 2.24) is 4.98 Å². The fourth-order valence-corrected chi connectivity index (χ4v) is 6.03. The first-order valence-electron chi connectivity index (χ1n) is 8.45. The topological polar surface area (TPSA) is 70.4 Å². The summed E-state index contributed by atoms with van der Waals surface area (Å²) in [5, 5.41) is 21.7. The molecule has 1 aliphatic rings. The third-order valence-corrected chi connectivity index (χ3v) is 7.42. The standard InChI is InChI=1S/C19H16Cl3NO3S2/c20-11-5-10(6-12(21)7-11)1-2-14-13(15(22)8-17(14)24)3-4-27-19-23-16(9-28-19)18(25)26/h5-7,9,13-15,17,24H,3-4,8H2,(H,25,26)/t13-,14-,15+,17-/m1/s1. The van der Waals surface area contributed by atoms with E-state index in [0.717, 1.165) is 6.42 Å². The second kappa shape index (κ2) is 9.71. The van der Waals surface area contributed by atoms with Gasteiger partial charge in [0.15, 0.2) is 10.0 Å². The lowest BCUT2D eigenvalue weighted by atomic mass is 9.92. The number of aliphatic hydroxyl groups is 1. The van der Waals surface area contributed by atoms with Crippen molar-refractivity contribution in [1.29, 1.82) is 0 Å². The largest absolute Gasteiger partial charge is 0.476 e. The Morgan fingerprint density at radius 2 is 2.04 bits per heavy atom. The molecule has 0 amide bonds. The predicted octanol–water partition coefficient (Wildman–Crippen LogP) is 5.29. The van der Waals surface area contributed by atoms with E-state index in [1.165, 1.54) is 28.5 Å². The van der Waals surface area contributed by atoms with Crippen molar-refractivity contribution in [3.63, 3.8) is 0 Å². The first kappa shape index (κ1) is 21.8. The summed E-state index contributed by atoms with van der Waals surface area (Å²) in [5.41, 5.74) is 0.753. The van der Waals surface area contributed by atoms with Gasteiger partial charge in [-0.1, -0.05) is 46.8 Å². The molecule has 1 aliphatic carbocycles. The number of aromatic nitrogens is 1.